The van der Waals surface area contributed by atoms with Gasteiger partial charge in [-0.3, -0.25) is 0 Å². The molecule has 0 saturated carbocycles. The largest absolute Gasteiger partial charge is 0 e. The Kier molecular flexibility index (Phi) is 10.0. The van der Waals surface area contributed by atoms with Crippen LogP contribution in [-0.4, -0.2) is 20.4 Å². The molecule has 1 radical (unpaired) electrons. The van der Waals surface area contributed by atoms with Crippen molar-refractivity contribution in [2.75, 3.05) is 0 Å². The van der Waals surface area contributed by atoms with Crippen LogP contribution in [0.2, 0.25) is 0 Å². The van der Waals surface area contributed by atoms with Crippen LogP contribution in [0.3, 0.4) is 0 Å². The summed E-state index contributed by atoms with van der Waals surface area (Å²) in [5.74, 6) is 0. The van der Waals surface area contributed by atoms with Crippen LogP contribution in [-0.2, 0) is 25.5 Å². The van der Waals surface area contributed by atoms with Crippen molar-refractivity contribution < 1.29 is 32.4 Å². The van der Waals surface area contributed by atoms with Crippen LogP contribution in [0.1, 0.15) is 0 Å². The van der Waals surface area contributed by atoms with E-state index < -0.39 is 20.4 Å². The first-order valence-electron chi connectivity index (χ1n) is 0.500. The topological polar surface area (TPSA) is 63.2 Å². The van der Waals surface area contributed by atoms with Crippen molar-refractivity contribution >= 4 is 20.4 Å². The molecule has 0 aromatic rings. The molecule has 0 spiro atoms. The van der Waals surface area contributed by atoms with Gasteiger partial charge in [-0.25, -0.2) is 0 Å². The second-order valence-corrected chi connectivity index (χ2v) is 1.37. The predicted octanol–water partition coefficient (Wildman–Crippen LogP) is -2.88. The fourth-order valence-electron chi connectivity index (χ4n) is 0. The summed E-state index contributed by atoms with van der Waals surface area (Å²) >= 11 is -4.11. The minimum Gasteiger partial charge on any atom is 0 e. The Morgan fingerprint density at radius 3 is 1.40 bits per heavy atom. The van der Waals surface area contributed by atoms with Crippen LogP contribution >= 0.6 is 0 Å². The van der Waals surface area contributed by atoms with Crippen molar-refractivity contribution in [1.29, 1.82) is 0 Å². The molecule has 0 saturated heterocycles. The molecule has 0 amide bonds. The summed E-state index contributed by atoms with van der Waals surface area (Å²) in [6.07, 6.45) is 0. The zero-order valence-corrected chi connectivity index (χ0v) is 5.75. The maximum Gasteiger partial charge on any atom is 0 e. The first-order chi connectivity index (χ1) is 1.73. The van der Waals surface area contributed by atoms with Crippen LogP contribution in [0, 0.1) is 0 Å². The van der Waals surface area contributed by atoms with Crippen molar-refractivity contribution in [3.63, 3.8) is 0 Å². The van der Waals surface area contributed by atoms with Crippen LogP contribution in [0.15, 0.2) is 0 Å². The van der Waals surface area contributed by atoms with Gasteiger partial charge in [0.2, 0.25) is 0 Å². The summed E-state index contributed by atoms with van der Waals surface area (Å²) in [6, 6.07) is 0. The third-order valence-corrected chi connectivity index (χ3v) is 0. The Balaban J connectivity index is 0. The van der Waals surface area contributed by atoms with E-state index in [1.54, 1.807) is 0 Å². The molecule has 0 atom stereocenters. The molecule has 0 aliphatic rings. The van der Waals surface area contributed by atoms with Gasteiger partial charge in [0.05, 0.1) is 0 Å². The van der Waals surface area contributed by atoms with E-state index in [-0.39, 0.29) is 22.4 Å². The first-order valence-corrected chi connectivity index (χ1v) is 3.35. The van der Waals surface area contributed by atoms with Gasteiger partial charge in [-0.05, 0) is 0 Å². The molecule has 5 heteroatoms. The summed E-state index contributed by atoms with van der Waals surface area (Å²) in [6.45, 7) is 0. The molecule has 5 heavy (non-hydrogen) atoms. The molecule has 0 heterocycles. The van der Waals surface area contributed by atoms with E-state index in [1.807, 2.05) is 0 Å². The van der Waals surface area contributed by atoms with Crippen molar-refractivity contribution in [3.8, 4) is 0 Å². The molecule has 0 aliphatic carbocycles. The molecule has 0 unspecified atom stereocenters. The van der Waals surface area contributed by atoms with Gasteiger partial charge in [-0.1, -0.05) is 0 Å². The quantitative estimate of drug-likeness (QED) is 0.449. The van der Waals surface area contributed by atoms with Crippen LogP contribution in [0.5, 0.6) is 0 Å². The zero-order valence-electron chi connectivity index (χ0n) is 1.93. The average Bonchev–Trinajstić information content (AvgIpc) is 0.811. The van der Waals surface area contributed by atoms with Gasteiger partial charge in [0.15, 0.2) is 0 Å². The molecule has 3 nitrogen and oxygen atoms in total. The summed E-state index contributed by atoms with van der Waals surface area (Å²) in [7, 11) is 0. The maximum atomic E-state index is 8.59. The minimum absolute atomic E-state index is 0. The summed E-state index contributed by atoms with van der Waals surface area (Å²) < 4.78 is 25.8. The van der Waals surface area contributed by atoms with E-state index in [0.717, 1.165) is 0 Å². The molecule has 0 rings (SSSR count). The minimum atomic E-state index is -4.11. The third kappa shape index (κ3) is 35.5. The van der Waals surface area contributed by atoms with Gasteiger partial charge in [-0.2, -0.15) is 0 Å². The summed E-state index contributed by atoms with van der Waals surface area (Å²) in [5.41, 5.74) is 0. The van der Waals surface area contributed by atoms with E-state index in [1.165, 1.54) is 0 Å². The fourth-order valence-corrected chi connectivity index (χ4v) is 0. The Morgan fingerprint density at radius 2 is 1.40 bits per heavy atom. The second-order valence-electron chi connectivity index (χ2n) is 0.204. The average molecular weight is 283 g/mol. The number of hydrogen-bond acceptors (Lipinski definition) is 3. The Morgan fingerprint density at radius 1 is 1.40 bits per heavy atom. The van der Waals surface area contributed by atoms with Crippen LogP contribution < -0.4 is 6.94 Å². The van der Waals surface area contributed by atoms with E-state index in [0.29, 0.717) is 0 Å². The van der Waals surface area contributed by atoms with Crippen LogP contribution in [0.25, 0.3) is 0 Å². The van der Waals surface area contributed by atoms with E-state index >= 15 is 0 Å². The Bertz CT molecular complexity index is 29.9. The fraction of sp³-hybridized carbons (Fsp3) is 0. The molecule has 0 aliphatic heterocycles. The van der Waals surface area contributed by atoms with E-state index in [9.17, 15) is 0 Å². The van der Waals surface area contributed by atoms with Crippen molar-refractivity contribution in [2.24, 2.45) is 0 Å². The molecular weight excluding hydrogens is 283 g/mol. The second kappa shape index (κ2) is 5.25. The molecule has 37 valence electrons. The van der Waals surface area contributed by atoms with E-state index in [2.05, 4.69) is 0 Å². The SMILES string of the molecule is O=[Te]([O-])[O-].[Ag]. The summed E-state index contributed by atoms with van der Waals surface area (Å²) in [4.78, 5) is 0. The van der Waals surface area contributed by atoms with Crippen LogP contribution in [0.4, 0.5) is 0 Å². The predicted molar refractivity (Wildman–Crippen MR) is 6.44 cm³/mol. The molecule has 0 aromatic carbocycles. The first kappa shape index (κ1) is 9.54. The molecular formula is AgO3Te-2. The monoisotopic (exact) mass is 285 g/mol. The van der Waals surface area contributed by atoms with Gasteiger partial charge in [0.1, 0.15) is 0 Å². The van der Waals surface area contributed by atoms with Crippen molar-refractivity contribution in [2.45, 2.75) is 0 Å². The maximum absolute atomic E-state index is 8.59. The molecule has 0 N–H and O–H groups in total. The van der Waals surface area contributed by atoms with Gasteiger partial charge in [0, 0.05) is 22.4 Å². The van der Waals surface area contributed by atoms with Gasteiger partial charge in [-0.15, -0.1) is 0 Å². The smallest absolute Gasteiger partial charge is 0 e. The van der Waals surface area contributed by atoms with Gasteiger partial charge in [0.25, 0.3) is 0 Å². The molecule has 0 fully saturated rings. The van der Waals surface area contributed by atoms with E-state index in [4.69, 9.17) is 10.0 Å². The molecule has 0 bridgehead atoms. The zero-order chi connectivity index (χ0) is 3.58. The Hall–Kier alpha value is 1.25. The number of hydrogen-bond donors (Lipinski definition) is 0. The Labute approximate surface area is 52.6 Å². The number of rotatable bonds is 0. The van der Waals surface area contributed by atoms with Crippen molar-refractivity contribution in [1.82, 2.24) is 0 Å². The standard InChI is InChI=1S/Ag.H2O3Te/c;1-4(2)3/h;(H2,1,2,3)/p-2. The van der Waals surface area contributed by atoms with Gasteiger partial charge >= 0.3 is 30.4 Å². The normalized spacial score (nSPS) is 7.00. The summed E-state index contributed by atoms with van der Waals surface area (Å²) in [5, 5.41) is 0. The van der Waals surface area contributed by atoms with Crippen molar-refractivity contribution in [3.05, 3.63) is 0 Å². The van der Waals surface area contributed by atoms with Gasteiger partial charge < -0.3 is 0 Å². The molecule has 0 aromatic heterocycles. The third-order valence-electron chi connectivity index (χ3n) is 0.